The van der Waals surface area contributed by atoms with Crippen LogP contribution in [0.15, 0.2) is 304 Å². The molecule has 0 atom stereocenters. The number of fused-ring (bicyclic) bond motifs is 6. The lowest BCUT2D eigenvalue weighted by Gasteiger charge is -2.22. The fraction of sp³-hybridized carbons (Fsp3) is 0.0122. The number of hydrogen-bond donors (Lipinski definition) is 0. The maximum Gasteiger partial charge on any atom is 0.418 e. The number of alkyl halides is 3. The molecule has 0 spiro atoms. The largest absolute Gasteiger partial charge is 0.418 e. The first-order valence-electron chi connectivity index (χ1n) is 30.2. The van der Waals surface area contributed by atoms with Crippen LogP contribution in [0.5, 0.6) is 0 Å². The van der Waals surface area contributed by atoms with Gasteiger partial charge in [-0.15, -0.1) is 0 Å². The second kappa shape index (κ2) is 22.7. The second-order valence-corrected chi connectivity index (χ2v) is 22.9. The summed E-state index contributed by atoms with van der Waals surface area (Å²) >= 11 is 0. The fourth-order valence-corrected chi connectivity index (χ4v) is 13.0. The highest BCUT2D eigenvalue weighted by atomic mass is 19.4. The highest BCUT2D eigenvalue weighted by Gasteiger charge is 2.37. The number of rotatable bonds is 11. The van der Waals surface area contributed by atoms with Gasteiger partial charge in [-0.2, -0.15) is 18.4 Å². The Morgan fingerprint density at radius 2 is 0.598 bits per heavy atom. The maximum atomic E-state index is 17.0. The van der Waals surface area contributed by atoms with Crippen LogP contribution in [0.4, 0.5) is 13.2 Å². The third-order valence-electron chi connectivity index (χ3n) is 17.4. The van der Waals surface area contributed by atoms with Gasteiger partial charge >= 0.3 is 6.18 Å². The van der Waals surface area contributed by atoms with Crippen molar-refractivity contribution in [1.82, 2.24) is 29.1 Å². The van der Waals surface area contributed by atoms with Crippen LogP contribution >= 0.6 is 0 Å². The Morgan fingerprint density at radius 1 is 0.283 bits per heavy atom. The van der Waals surface area contributed by atoms with Gasteiger partial charge in [-0.3, -0.25) is 19.9 Å². The number of pyridine rings is 4. The van der Waals surface area contributed by atoms with Gasteiger partial charge in [-0.05, 0) is 171 Å². The van der Waals surface area contributed by atoms with E-state index in [-0.39, 0.29) is 11.4 Å². The molecule has 6 aromatic heterocycles. The van der Waals surface area contributed by atoms with Gasteiger partial charge in [0.2, 0.25) is 0 Å². The molecule has 0 N–H and O–H groups in total. The van der Waals surface area contributed by atoms with E-state index in [1.165, 1.54) is 6.07 Å². The summed E-state index contributed by atoms with van der Waals surface area (Å²) in [5.74, 6) is 0. The standard InChI is InChI=1S/C82H50F3N7/c83-82(84,85)71-50-80(91-76-28-24-57(61-32-36-87-72(45-61)53-15-5-1-6-16-53)41-67(76)68-42-58(25-29-77(68)91)62-33-37-88-73(46-62)54-17-7-2-8-18-54)66(65-23-13-14-52(40-65)51-86)49-81(71)92-78-30-26-59(63-34-38-89-74(47-63)55-19-9-3-10-20-55)43-69(78)70-44-60(27-31-79(70)92)64-35-39-90-75(48-64)56-21-11-4-12-22-56/h1-50H. The van der Waals surface area contributed by atoms with Gasteiger partial charge in [0.15, 0.2) is 0 Å². The number of benzene rings is 10. The molecule has 0 amide bonds. The van der Waals surface area contributed by atoms with E-state index >= 15 is 13.2 Å². The van der Waals surface area contributed by atoms with Gasteiger partial charge in [-0.25, -0.2) is 0 Å². The summed E-state index contributed by atoms with van der Waals surface area (Å²) < 4.78 is 54.6. The minimum absolute atomic E-state index is 0.0752. The Labute approximate surface area is 527 Å². The van der Waals surface area contributed by atoms with Crippen molar-refractivity contribution in [3.05, 3.63) is 315 Å². The zero-order valence-electron chi connectivity index (χ0n) is 49.1. The molecule has 0 fully saturated rings. The maximum absolute atomic E-state index is 17.0. The quantitative estimate of drug-likeness (QED) is 0.129. The van der Waals surface area contributed by atoms with Crippen molar-refractivity contribution in [2.24, 2.45) is 0 Å². The van der Waals surface area contributed by atoms with Gasteiger partial charge in [-0.1, -0.05) is 158 Å². The summed E-state index contributed by atoms with van der Waals surface area (Å²) in [6.07, 6.45) is 2.30. The van der Waals surface area contributed by atoms with Gasteiger partial charge in [0, 0.05) is 74.1 Å². The molecule has 0 aliphatic carbocycles. The number of nitriles is 1. The van der Waals surface area contributed by atoms with E-state index < -0.39 is 11.7 Å². The molecule has 10 heteroatoms. The molecule has 0 saturated carbocycles. The van der Waals surface area contributed by atoms with Crippen LogP contribution in [0.25, 0.3) is 156 Å². The average Bonchev–Trinajstić information content (AvgIpc) is 1.55. The van der Waals surface area contributed by atoms with Crippen molar-refractivity contribution in [2.75, 3.05) is 0 Å². The summed E-state index contributed by atoms with van der Waals surface area (Å²) in [5.41, 5.74) is 17.6. The van der Waals surface area contributed by atoms with Crippen molar-refractivity contribution in [3.8, 4) is 118 Å². The molecule has 16 aromatic rings. The van der Waals surface area contributed by atoms with Gasteiger partial charge in [0.05, 0.1) is 73.4 Å². The smallest absolute Gasteiger partial charge is 0.309 e. The van der Waals surface area contributed by atoms with E-state index in [0.29, 0.717) is 38.8 Å². The predicted octanol–water partition coefficient (Wildman–Crippen LogP) is 21.4. The van der Waals surface area contributed by atoms with E-state index in [1.807, 2.05) is 217 Å². The van der Waals surface area contributed by atoms with Crippen molar-refractivity contribution in [3.63, 3.8) is 0 Å². The molecule has 0 unspecified atom stereocenters. The van der Waals surface area contributed by atoms with E-state index in [2.05, 4.69) is 42.5 Å². The summed E-state index contributed by atoms with van der Waals surface area (Å²) in [6.45, 7) is 0. The third-order valence-corrected chi connectivity index (χ3v) is 17.4. The number of halogens is 3. The lowest BCUT2D eigenvalue weighted by Crippen LogP contribution is -2.13. The van der Waals surface area contributed by atoms with Crippen LogP contribution in [-0.4, -0.2) is 29.1 Å². The van der Waals surface area contributed by atoms with Crippen LogP contribution in [0.2, 0.25) is 0 Å². The molecule has 92 heavy (non-hydrogen) atoms. The molecule has 0 saturated heterocycles. The number of hydrogen-bond acceptors (Lipinski definition) is 5. The molecular weight excluding hydrogens is 1140 g/mol. The van der Waals surface area contributed by atoms with Crippen molar-refractivity contribution >= 4 is 43.6 Å². The van der Waals surface area contributed by atoms with Crippen LogP contribution < -0.4 is 0 Å². The Morgan fingerprint density at radius 3 is 0.924 bits per heavy atom. The lowest BCUT2D eigenvalue weighted by molar-refractivity contribution is -0.137. The average molecular weight is 1190 g/mol. The monoisotopic (exact) mass is 1190 g/mol. The highest BCUT2D eigenvalue weighted by molar-refractivity contribution is 6.14. The van der Waals surface area contributed by atoms with E-state index in [4.69, 9.17) is 19.9 Å². The lowest BCUT2D eigenvalue weighted by atomic mass is 9.97. The molecule has 0 aliphatic rings. The molecule has 6 heterocycles. The number of nitrogens with zero attached hydrogens (tertiary/aromatic N) is 7. The number of aromatic nitrogens is 6. The molecule has 16 rings (SSSR count). The van der Waals surface area contributed by atoms with Gasteiger partial charge < -0.3 is 9.13 Å². The van der Waals surface area contributed by atoms with E-state index in [9.17, 15) is 5.26 Å². The molecule has 10 aromatic carbocycles. The Kier molecular flexibility index (Phi) is 13.6. The normalized spacial score (nSPS) is 11.6. The Hall–Kier alpha value is -12.3. The summed E-state index contributed by atoms with van der Waals surface area (Å²) in [7, 11) is 0. The highest BCUT2D eigenvalue weighted by Crippen LogP contribution is 2.47. The summed E-state index contributed by atoms with van der Waals surface area (Å²) in [6, 6.07) is 92.7. The van der Waals surface area contributed by atoms with E-state index in [0.717, 1.165) is 111 Å². The van der Waals surface area contributed by atoms with E-state index in [1.54, 1.807) is 53.6 Å². The molecule has 0 bridgehead atoms. The Balaban J connectivity index is 0.947. The van der Waals surface area contributed by atoms with Crippen LogP contribution in [0.1, 0.15) is 11.1 Å². The van der Waals surface area contributed by atoms with Crippen molar-refractivity contribution in [2.45, 2.75) is 6.18 Å². The van der Waals surface area contributed by atoms with Crippen LogP contribution in [-0.2, 0) is 6.18 Å². The Bertz CT molecular complexity index is 5300. The second-order valence-electron chi connectivity index (χ2n) is 22.9. The van der Waals surface area contributed by atoms with Crippen molar-refractivity contribution < 1.29 is 13.2 Å². The first-order chi connectivity index (χ1) is 45.2. The minimum atomic E-state index is -4.88. The fourth-order valence-electron chi connectivity index (χ4n) is 13.0. The first-order valence-corrected chi connectivity index (χ1v) is 30.2. The van der Waals surface area contributed by atoms with Crippen molar-refractivity contribution in [1.29, 1.82) is 5.26 Å². The topological polar surface area (TPSA) is 85.2 Å². The first kappa shape index (κ1) is 55.0. The zero-order valence-corrected chi connectivity index (χ0v) is 49.1. The molecule has 0 radical (unpaired) electrons. The van der Waals surface area contributed by atoms with Gasteiger partial charge in [0.1, 0.15) is 0 Å². The zero-order chi connectivity index (χ0) is 61.9. The van der Waals surface area contributed by atoms with Crippen LogP contribution in [0, 0.1) is 11.3 Å². The molecule has 0 aliphatic heterocycles. The molecule has 434 valence electrons. The predicted molar refractivity (Wildman–Crippen MR) is 365 cm³/mol. The minimum Gasteiger partial charge on any atom is -0.309 e. The van der Waals surface area contributed by atoms with Gasteiger partial charge in [0.25, 0.3) is 0 Å². The SMILES string of the molecule is N#Cc1cccc(-c2cc(-n3c4ccc(-c5ccnc(-c6ccccc6)c5)cc4c4cc(-c5ccnc(-c6ccccc6)c5)ccc43)c(C(F)(F)F)cc2-n2c3ccc(-c4ccnc(-c5ccccc5)c4)cc3c3cc(-c4ccnc(-c5ccccc5)c4)ccc32)c1. The van der Waals surface area contributed by atoms with Crippen LogP contribution in [0.3, 0.4) is 0 Å². The molecule has 7 nitrogen and oxygen atoms in total. The molecular formula is C82H50F3N7. The summed E-state index contributed by atoms with van der Waals surface area (Å²) in [5, 5.41) is 13.6. The third kappa shape index (κ3) is 10.0. The summed E-state index contributed by atoms with van der Waals surface area (Å²) in [4.78, 5) is 18.9.